The van der Waals surface area contributed by atoms with Gasteiger partial charge in [0.2, 0.25) is 0 Å². The topological polar surface area (TPSA) is 76.2 Å². The quantitative estimate of drug-likeness (QED) is 0.560. The minimum atomic E-state index is -0.464. The molecular formula is C10H10N2O3. The molecule has 0 unspecified atom stereocenters. The van der Waals surface area contributed by atoms with E-state index in [0.29, 0.717) is 11.3 Å². The molecule has 1 rings (SSSR count). The zero-order valence-corrected chi connectivity index (χ0v) is 8.48. The molecule has 0 radical (unpaired) electrons. The van der Waals surface area contributed by atoms with Gasteiger partial charge in [-0.05, 0) is 25.5 Å². The molecule has 0 aliphatic rings. The Hall–Kier alpha value is -2.09. The lowest BCUT2D eigenvalue weighted by atomic mass is 10.1. The fourth-order valence-electron chi connectivity index (χ4n) is 1.28. The summed E-state index contributed by atoms with van der Waals surface area (Å²) in [6.45, 7) is 3.34. The molecule has 0 aliphatic carbocycles. The number of benzene rings is 1. The lowest BCUT2D eigenvalue weighted by molar-refractivity contribution is -0.385. The van der Waals surface area contributed by atoms with Crippen molar-refractivity contribution in [3.8, 4) is 11.8 Å². The second-order valence-electron chi connectivity index (χ2n) is 3.11. The summed E-state index contributed by atoms with van der Waals surface area (Å²) in [5, 5.41) is 19.0. The van der Waals surface area contributed by atoms with Crippen LogP contribution in [-0.4, -0.2) is 11.5 Å². The molecule has 0 spiro atoms. The molecule has 0 fully saturated rings. The van der Waals surface area contributed by atoms with Crippen molar-refractivity contribution >= 4 is 5.69 Å². The molecule has 0 atom stereocenters. The summed E-state index contributed by atoms with van der Waals surface area (Å²) >= 11 is 0. The Bertz CT molecular complexity index is 435. The van der Waals surface area contributed by atoms with Crippen molar-refractivity contribution in [3.63, 3.8) is 0 Å². The van der Waals surface area contributed by atoms with E-state index in [1.165, 1.54) is 6.07 Å². The van der Waals surface area contributed by atoms with Gasteiger partial charge in [-0.25, -0.2) is 0 Å². The normalized spacial score (nSPS) is 9.40. The molecule has 0 saturated heterocycles. The van der Waals surface area contributed by atoms with Crippen LogP contribution in [0.25, 0.3) is 0 Å². The van der Waals surface area contributed by atoms with Gasteiger partial charge in [0.25, 0.3) is 5.69 Å². The predicted octanol–water partition coefficient (Wildman–Crippen LogP) is 2.11. The van der Waals surface area contributed by atoms with E-state index in [2.05, 4.69) is 0 Å². The molecule has 1 aromatic rings. The zero-order valence-electron chi connectivity index (χ0n) is 8.48. The maximum absolute atomic E-state index is 10.6. The van der Waals surface area contributed by atoms with E-state index in [1.807, 2.05) is 6.07 Å². The van der Waals surface area contributed by atoms with Crippen molar-refractivity contribution in [1.29, 1.82) is 5.26 Å². The van der Waals surface area contributed by atoms with Gasteiger partial charge in [0.15, 0.2) is 6.61 Å². The summed E-state index contributed by atoms with van der Waals surface area (Å²) in [6, 6.07) is 4.84. The summed E-state index contributed by atoms with van der Waals surface area (Å²) in [6.07, 6.45) is 0. The van der Waals surface area contributed by atoms with Crippen molar-refractivity contribution in [2.75, 3.05) is 6.61 Å². The number of hydrogen-bond donors (Lipinski definition) is 0. The summed E-state index contributed by atoms with van der Waals surface area (Å²) in [4.78, 5) is 10.2. The second-order valence-corrected chi connectivity index (χ2v) is 3.11. The monoisotopic (exact) mass is 206 g/mol. The third-order valence-corrected chi connectivity index (χ3v) is 1.98. The number of aryl methyl sites for hydroxylation is 2. The number of ether oxygens (including phenoxy) is 1. The first-order valence-electron chi connectivity index (χ1n) is 4.31. The van der Waals surface area contributed by atoms with E-state index in [0.717, 1.165) is 5.56 Å². The Balaban J connectivity index is 3.13. The average Bonchev–Trinajstić information content (AvgIpc) is 2.16. The summed E-state index contributed by atoms with van der Waals surface area (Å²) < 4.78 is 5.07. The van der Waals surface area contributed by atoms with Gasteiger partial charge in [0.1, 0.15) is 11.8 Å². The van der Waals surface area contributed by atoms with Crippen LogP contribution in [0.5, 0.6) is 5.75 Å². The third-order valence-electron chi connectivity index (χ3n) is 1.98. The molecule has 0 bridgehead atoms. The van der Waals surface area contributed by atoms with Gasteiger partial charge in [0, 0.05) is 5.56 Å². The molecule has 0 heterocycles. The van der Waals surface area contributed by atoms with Crippen molar-refractivity contribution in [2.45, 2.75) is 13.8 Å². The van der Waals surface area contributed by atoms with Crippen LogP contribution < -0.4 is 4.74 Å². The van der Waals surface area contributed by atoms with Crippen molar-refractivity contribution in [3.05, 3.63) is 33.4 Å². The Morgan fingerprint density at radius 3 is 2.67 bits per heavy atom. The molecule has 5 nitrogen and oxygen atoms in total. The fourth-order valence-corrected chi connectivity index (χ4v) is 1.28. The molecule has 15 heavy (non-hydrogen) atoms. The highest BCUT2D eigenvalue weighted by molar-refractivity contribution is 5.49. The lowest BCUT2D eigenvalue weighted by Gasteiger charge is -2.06. The number of nitro benzene ring substituents is 1. The van der Waals surface area contributed by atoms with Gasteiger partial charge in [-0.15, -0.1) is 0 Å². The Labute approximate surface area is 87.1 Å². The third kappa shape index (κ3) is 2.44. The van der Waals surface area contributed by atoms with Crippen LogP contribution in [0.1, 0.15) is 11.1 Å². The first kappa shape index (κ1) is 11.0. The highest BCUT2D eigenvalue weighted by atomic mass is 16.6. The Morgan fingerprint density at radius 2 is 2.13 bits per heavy atom. The highest BCUT2D eigenvalue weighted by Gasteiger charge is 2.14. The van der Waals surface area contributed by atoms with Gasteiger partial charge >= 0.3 is 0 Å². The largest absolute Gasteiger partial charge is 0.478 e. The van der Waals surface area contributed by atoms with Crippen molar-refractivity contribution in [1.82, 2.24) is 0 Å². The van der Waals surface area contributed by atoms with E-state index in [1.54, 1.807) is 19.9 Å². The van der Waals surface area contributed by atoms with Crippen LogP contribution in [-0.2, 0) is 0 Å². The molecular weight excluding hydrogens is 196 g/mol. The molecule has 1 aromatic carbocycles. The van der Waals surface area contributed by atoms with E-state index in [9.17, 15) is 10.1 Å². The van der Waals surface area contributed by atoms with Crippen molar-refractivity contribution < 1.29 is 9.66 Å². The summed E-state index contributed by atoms with van der Waals surface area (Å²) in [7, 11) is 0. The van der Waals surface area contributed by atoms with Crippen molar-refractivity contribution in [2.24, 2.45) is 0 Å². The number of rotatable bonds is 3. The van der Waals surface area contributed by atoms with Gasteiger partial charge in [0.05, 0.1) is 11.0 Å². The van der Waals surface area contributed by atoms with E-state index in [-0.39, 0.29) is 12.3 Å². The fraction of sp³-hybridized carbons (Fsp3) is 0.300. The molecule has 5 heteroatoms. The van der Waals surface area contributed by atoms with Crippen LogP contribution in [0.4, 0.5) is 5.69 Å². The Morgan fingerprint density at radius 1 is 1.47 bits per heavy atom. The number of nitrogens with zero attached hydrogens (tertiary/aromatic N) is 2. The van der Waals surface area contributed by atoms with Gasteiger partial charge in [-0.1, -0.05) is 0 Å². The van der Waals surface area contributed by atoms with E-state index in [4.69, 9.17) is 10.00 Å². The van der Waals surface area contributed by atoms with Gasteiger partial charge in [-0.3, -0.25) is 10.1 Å². The van der Waals surface area contributed by atoms with Gasteiger partial charge < -0.3 is 4.74 Å². The number of hydrogen-bond acceptors (Lipinski definition) is 4. The van der Waals surface area contributed by atoms with Crippen LogP contribution in [0.3, 0.4) is 0 Å². The highest BCUT2D eigenvalue weighted by Crippen LogP contribution is 2.27. The molecule has 78 valence electrons. The molecule has 0 N–H and O–H groups in total. The SMILES string of the molecule is Cc1cc(C)c([N+](=O)[O-])cc1OCC#N. The zero-order chi connectivity index (χ0) is 11.4. The summed E-state index contributed by atoms with van der Waals surface area (Å²) in [5.74, 6) is 0.383. The standard InChI is InChI=1S/C10H10N2O3/c1-7-5-8(2)10(15-4-3-11)6-9(7)12(13)14/h5-6H,4H2,1-2H3. The summed E-state index contributed by atoms with van der Waals surface area (Å²) in [5.41, 5.74) is 1.38. The molecule has 0 aromatic heterocycles. The van der Waals surface area contributed by atoms with Crippen LogP contribution in [0.2, 0.25) is 0 Å². The number of nitriles is 1. The smallest absolute Gasteiger partial charge is 0.276 e. The van der Waals surface area contributed by atoms with Crippen LogP contribution in [0.15, 0.2) is 12.1 Å². The molecule has 0 aliphatic heterocycles. The molecule has 0 saturated carbocycles. The average molecular weight is 206 g/mol. The Kier molecular flexibility index (Phi) is 3.24. The second kappa shape index (κ2) is 4.42. The minimum absolute atomic E-state index is 0.00791. The van der Waals surface area contributed by atoms with Gasteiger partial charge in [-0.2, -0.15) is 5.26 Å². The minimum Gasteiger partial charge on any atom is -0.478 e. The lowest BCUT2D eigenvalue weighted by Crippen LogP contribution is -1.99. The first-order valence-corrected chi connectivity index (χ1v) is 4.31. The number of nitro groups is 1. The van der Waals surface area contributed by atoms with E-state index >= 15 is 0 Å². The molecule has 0 amide bonds. The maximum Gasteiger partial charge on any atom is 0.276 e. The van der Waals surface area contributed by atoms with Crippen LogP contribution >= 0.6 is 0 Å². The van der Waals surface area contributed by atoms with Crippen LogP contribution in [0, 0.1) is 35.3 Å². The predicted molar refractivity (Wildman–Crippen MR) is 53.7 cm³/mol. The first-order chi connectivity index (χ1) is 7.06. The maximum atomic E-state index is 10.6. The van der Waals surface area contributed by atoms with E-state index < -0.39 is 4.92 Å².